The molecule has 168 valence electrons. The highest BCUT2D eigenvalue weighted by Gasteiger charge is 2.20. The van der Waals surface area contributed by atoms with Crippen LogP contribution in [0.15, 0.2) is 71.3 Å². The SMILES string of the molecule is CC(=O)c1ccc2c(c1)c(Br)nn2Cc1ccc(-c2ccccc2C(=O)OC(C)(C)C)cc1. The predicted octanol–water partition coefficient (Wildman–Crippen LogP) is 6.67. The van der Waals surface area contributed by atoms with Gasteiger partial charge in [0.15, 0.2) is 5.78 Å². The van der Waals surface area contributed by atoms with E-state index in [1.807, 2.05) is 86.1 Å². The van der Waals surface area contributed by atoms with Gasteiger partial charge in [0, 0.05) is 10.9 Å². The number of ketones is 1. The van der Waals surface area contributed by atoms with Gasteiger partial charge in [-0.15, -0.1) is 0 Å². The van der Waals surface area contributed by atoms with E-state index in [2.05, 4.69) is 21.0 Å². The summed E-state index contributed by atoms with van der Waals surface area (Å²) in [6, 6.07) is 21.2. The van der Waals surface area contributed by atoms with Crippen molar-refractivity contribution in [3.63, 3.8) is 0 Å². The molecule has 0 aliphatic rings. The van der Waals surface area contributed by atoms with Gasteiger partial charge in [0.25, 0.3) is 0 Å². The quantitative estimate of drug-likeness (QED) is 0.225. The van der Waals surface area contributed by atoms with E-state index in [0.717, 1.165) is 27.6 Å². The largest absolute Gasteiger partial charge is 0.456 e. The van der Waals surface area contributed by atoms with Crippen molar-refractivity contribution in [2.45, 2.75) is 39.8 Å². The summed E-state index contributed by atoms with van der Waals surface area (Å²) in [7, 11) is 0. The van der Waals surface area contributed by atoms with Crippen molar-refractivity contribution in [1.29, 1.82) is 0 Å². The van der Waals surface area contributed by atoms with Crippen molar-refractivity contribution in [3.05, 3.63) is 88.0 Å². The Bertz CT molecular complexity index is 1350. The van der Waals surface area contributed by atoms with Gasteiger partial charge >= 0.3 is 5.97 Å². The monoisotopic (exact) mass is 504 g/mol. The lowest BCUT2D eigenvalue weighted by molar-refractivity contribution is 0.00703. The molecule has 0 atom stereocenters. The zero-order valence-corrected chi connectivity index (χ0v) is 20.6. The molecule has 1 heterocycles. The fraction of sp³-hybridized carbons (Fsp3) is 0.222. The highest BCUT2D eigenvalue weighted by Crippen LogP contribution is 2.28. The zero-order chi connectivity index (χ0) is 23.8. The number of benzene rings is 3. The smallest absolute Gasteiger partial charge is 0.339 e. The van der Waals surface area contributed by atoms with Crippen molar-refractivity contribution >= 4 is 38.6 Å². The molecular weight excluding hydrogens is 480 g/mol. The molecule has 6 heteroatoms. The van der Waals surface area contributed by atoms with Crippen LogP contribution < -0.4 is 0 Å². The molecule has 0 unspecified atom stereocenters. The van der Waals surface area contributed by atoms with Gasteiger partial charge in [-0.1, -0.05) is 42.5 Å². The molecule has 0 bridgehead atoms. The number of esters is 1. The predicted molar refractivity (Wildman–Crippen MR) is 134 cm³/mol. The topological polar surface area (TPSA) is 61.2 Å². The lowest BCUT2D eigenvalue weighted by atomic mass is 9.98. The Labute approximate surface area is 201 Å². The fourth-order valence-corrected chi connectivity index (χ4v) is 4.20. The first-order chi connectivity index (χ1) is 15.6. The molecule has 5 nitrogen and oxygen atoms in total. The van der Waals surface area contributed by atoms with E-state index in [-0.39, 0.29) is 11.8 Å². The molecular formula is C27H25BrN2O3. The van der Waals surface area contributed by atoms with E-state index in [1.165, 1.54) is 0 Å². The average Bonchev–Trinajstić information content (AvgIpc) is 3.08. The Kier molecular flexibility index (Phi) is 6.21. The summed E-state index contributed by atoms with van der Waals surface area (Å²) in [5, 5.41) is 5.51. The highest BCUT2D eigenvalue weighted by molar-refractivity contribution is 9.10. The molecule has 0 saturated carbocycles. The van der Waals surface area contributed by atoms with Crippen molar-refractivity contribution < 1.29 is 14.3 Å². The minimum Gasteiger partial charge on any atom is -0.456 e. The summed E-state index contributed by atoms with van der Waals surface area (Å²) >= 11 is 3.51. The first-order valence-electron chi connectivity index (χ1n) is 10.7. The minimum absolute atomic E-state index is 0.0267. The number of hydrogen-bond acceptors (Lipinski definition) is 4. The molecule has 0 N–H and O–H groups in total. The number of carbonyl (C=O) groups is 2. The molecule has 0 aliphatic heterocycles. The Morgan fingerprint density at radius 1 is 1.00 bits per heavy atom. The Morgan fingerprint density at radius 3 is 2.36 bits per heavy atom. The van der Waals surface area contributed by atoms with E-state index in [9.17, 15) is 9.59 Å². The zero-order valence-electron chi connectivity index (χ0n) is 19.1. The number of fused-ring (bicyclic) bond motifs is 1. The molecule has 0 radical (unpaired) electrons. The van der Waals surface area contributed by atoms with Crippen molar-refractivity contribution in [1.82, 2.24) is 9.78 Å². The molecule has 3 aromatic carbocycles. The molecule has 0 fully saturated rings. The lowest BCUT2D eigenvalue weighted by Gasteiger charge is -2.20. The van der Waals surface area contributed by atoms with Crippen molar-refractivity contribution in [3.8, 4) is 11.1 Å². The number of carbonyl (C=O) groups excluding carboxylic acids is 2. The number of hydrogen-bond donors (Lipinski definition) is 0. The van der Waals surface area contributed by atoms with Crippen LogP contribution in [-0.2, 0) is 11.3 Å². The standard InChI is InChI=1S/C27H25BrN2O3/c1-17(31)20-13-14-24-23(15-20)25(28)29-30(24)16-18-9-11-19(12-10-18)21-7-5-6-8-22(21)26(32)33-27(2,3)4/h5-15H,16H2,1-4H3. The number of rotatable bonds is 5. The Morgan fingerprint density at radius 2 is 1.70 bits per heavy atom. The lowest BCUT2D eigenvalue weighted by Crippen LogP contribution is -2.24. The van der Waals surface area contributed by atoms with Crippen LogP contribution >= 0.6 is 15.9 Å². The summed E-state index contributed by atoms with van der Waals surface area (Å²) in [5.41, 5.74) is 4.45. The Balaban J connectivity index is 1.61. The summed E-state index contributed by atoms with van der Waals surface area (Å²) in [6.45, 7) is 7.72. The Hall–Kier alpha value is -3.25. The summed E-state index contributed by atoms with van der Waals surface area (Å²) in [4.78, 5) is 24.4. The van der Waals surface area contributed by atoms with Gasteiger partial charge in [-0.3, -0.25) is 9.48 Å². The second kappa shape index (κ2) is 8.94. The second-order valence-electron chi connectivity index (χ2n) is 8.98. The summed E-state index contributed by atoms with van der Waals surface area (Å²) in [6.07, 6.45) is 0. The molecule has 0 aliphatic carbocycles. The van der Waals surface area contributed by atoms with Crippen LogP contribution in [0.2, 0.25) is 0 Å². The molecule has 0 spiro atoms. The van der Waals surface area contributed by atoms with E-state index in [0.29, 0.717) is 22.3 Å². The minimum atomic E-state index is -0.556. The van der Waals surface area contributed by atoms with Crippen LogP contribution in [0.25, 0.3) is 22.0 Å². The van der Waals surface area contributed by atoms with Gasteiger partial charge in [0.1, 0.15) is 10.2 Å². The number of Topliss-reactive ketones (excluding diaryl/α,β-unsaturated/α-hetero) is 1. The van der Waals surface area contributed by atoms with Crippen LogP contribution in [0.1, 0.15) is 54.0 Å². The van der Waals surface area contributed by atoms with Crippen LogP contribution in [0.3, 0.4) is 0 Å². The molecule has 4 aromatic rings. The number of aromatic nitrogens is 2. The number of nitrogens with zero attached hydrogens (tertiary/aromatic N) is 2. The third-order valence-corrected chi connectivity index (χ3v) is 5.84. The van der Waals surface area contributed by atoms with Gasteiger partial charge < -0.3 is 4.74 Å². The van der Waals surface area contributed by atoms with Crippen LogP contribution in [0.4, 0.5) is 0 Å². The van der Waals surface area contributed by atoms with Crippen molar-refractivity contribution in [2.24, 2.45) is 0 Å². The van der Waals surface area contributed by atoms with E-state index in [4.69, 9.17) is 4.74 Å². The third-order valence-electron chi connectivity index (χ3n) is 5.26. The average molecular weight is 505 g/mol. The molecule has 0 amide bonds. The van der Waals surface area contributed by atoms with E-state index in [1.54, 1.807) is 13.0 Å². The van der Waals surface area contributed by atoms with E-state index < -0.39 is 5.60 Å². The van der Waals surface area contributed by atoms with Gasteiger partial charge in [-0.05, 0) is 84.6 Å². The maximum absolute atomic E-state index is 12.7. The summed E-state index contributed by atoms with van der Waals surface area (Å²) < 4.78 is 8.20. The van der Waals surface area contributed by atoms with Crippen LogP contribution in [0.5, 0.6) is 0 Å². The second-order valence-corrected chi connectivity index (χ2v) is 9.73. The van der Waals surface area contributed by atoms with Gasteiger partial charge in [0.05, 0.1) is 17.6 Å². The normalized spacial score (nSPS) is 11.5. The van der Waals surface area contributed by atoms with Gasteiger partial charge in [-0.25, -0.2) is 4.79 Å². The first-order valence-corrected chi connectivity index (χ1v) is 11.5. The maximum Gasteiger partial charge on any atom is 0.339 e. The molecule has 0 saturated heterocycles. The van der Waals surface area contributed by atoms with Gasteiger partial charge in [0.2, 0.25) is 0 Å². The van der Waals surface area contributed by atoms with Crippen molar-refractivity contribution in [2.75, 3.05) is 0 Å². The van der Waals surface area contributed by atoms with Gasteiger partial charge in [-0.2, -0.15) is 5.10 Å². The number of halogens is 1. The van der Waals surface area contributed by atoms with Crippen LogP contribution in [-0.4, -0.2) is 27.1 Å². The third kappa shape index (κ3) is 5.06. The molecule has 4 rings (SSSR count). The highest BCUT2D eigenvalue weighted by atomic mass is 79.9. The molecule has 1 aromatic heterocycles. The fourth-order valence-electron chi connectivity index (χ4n) is 3.69. The molecule has 33 heavy (non-hydrogen) atoms. The first kappa shape index (κ1) is 22.9. The van der Waals surface area contributed by atoms with Crippen LogP contribution in [0, 0.1) is 0 Å². The number of ether oxygens (including phenoxy) is 1. The summed E-state index contributed by atoms with van der Waals surface area (Å²) in [5.74, 6) is -0.307. The van der Waals surface area contributed by atoms with E-state index >= 15 is 0 Å². The maximum atomic E-state index is 12.7.